The van der Waals surface area contributed by atoms with E-state index in [2.05, 4.69) is 42.4 Å². The van der Waals surface area contributed by atoms with Crippen molar-refractivity contribution in [3.05, 3.63) is 17.8 Å². The third-order valence-corrected chi connectivity index (χ3v) is 2.36. The van der Waals surface area contributed by atoms with Crippen molar-refractivity contribution in [2.45, 2.75) is 45.1 Å². The van der Waals surface area contributed by atoms with Crippen LogP contribution in [0.2, 0.25) is 0 Å². The molecule has 1 N–H and O–H groups in total. The number of hydrogen-bond donors (Lipinski definition) is 1. The third kappa shape index (κ3) is 2.22. The fourth-order valence-electron chi connectivity index (χ4n) is 1.25. The maximum atomic E-state index is 4.22. The molecule has 1 heterocycles. The van der Waals surface area contributed by atoms with E-state index in [1.54, 1.807) is 0 Å². The van der Waals surface area contributed by atoms with Gasteiger partial charge in [0.2, 0.25) is 0 Å². The van der Waals surface area contributed by atoms with E-state index >= 15 is 0 Å². The number of rotatable bonds is 2. The molecule has 0 aromatic carbocycles. The molecule has 1 fully saturated rings. The normalized spacial score (nSPS) is 16.8. The van der Waals surface area contributed by atoms with Crippen molar-refractivity contribution >= 4 is 5.82 Å². The Balaban J connectivity index is 2.08. The molecule has 14 heavy (non-hydrogen) atoms. The van der Waals surface area contributed by atoms with Crippen LogP contribution in [-0.4, -0.2) is 16.2 Å². The second-order valence-corrected chi connectivity index (χ2v) is 4.97. The Hall–Kier alpha value is -1.12. The molecular formula is C11H17N3. The Morgan fingerprint density at radius 1 is 1.21 bits per heavy atom. The summed E-state index contributed by atoms with van der Waals surface area (Å²) in [6.07, 6.45) is 2.53. The molecule has 0 bridgehead atoms. The monoisotopic (exact) mass is 191 g/mol. The van der Waals surface area contributed by atoms with Crippen molar-refractivity contribution in [2.75, 3.05) is 5.32 Å². The smallest absolute Gasteiger partial charge is 0.148 e. The van der Waals surface area contributed by atoms with E-state index in [1.165, 1.54) is 12.8 Å². The first-order valence-electron chi connectivity index (χ1n) is 5.16. The maximum Gasteiger partial charge on any atom is 0.148 e. The molecule has 1 aliphatic carbocycles. The Labute approximate surface area is 84.9 Å². The molecule has 76 valence electrons. The van der Waals surface area contributed by atoms with Crippen molar-refractivity contribution in [3.8, 4) is 0 Å². The van der Waals surface area contributed by atoms with Crippen LogP contribution in [0, 0.1) is 0 Å². The molecule has 1 aromatic heterocycles. The zero-order valence-corrected chi connectivity index (χ0v) is 9.04. The molecule has 0 amide bonds. The van der Waals surface area contributed by atoms with Crippen LogP contribution in [-0.2, 0) is 5.41 Å². The first-order valence-corrected chi connectivity index (χ1v) is 5.16. The van der Waals surface area contributed by atoms with E-state index in [-0.39, 0.29) is 5.41 Å². The first kappa shape index (κ1) is 9.44. The minimum Gasteiger partial charge on any atom is -0.366 e. The molecule has 1 saturated carbocycles. The number of aromatic nitrogens is 2. The maximum absolute atomic E-state index is 4.22. The number of nitrogens with zero attached hydrogens (tertiary/aromatic N) is 2. The Bertz CT molecular complexity index is 306. The molecule has 0 spiro atoms. The highest BCUT2D eigenvalue weighted by molar-refractivity contribution is 5.36. The SMILES string of the molecule is CC(C)(C)c1ccc(NC2CC2)nn1. The van der Waals surface area contributed by atoms with Gasteiger partial charge in [0.05, 0.1) is 5.69 Å². The van der Waals surface area contributed by atoms with Gasteiger partial charge in [-0.2, -0.15) is 5.10 Å². The minimum absolute atomic E-state index is 0.0884. The fraction of sp³-hybridized carbons (Fsp3) is 0.636. The molecule has 0 atom stereocenters. The summed E-state index contributed by atoms with van der Waals surface area (Å²) < 4.78 is 0. The van der Waals surface area contributed by atoms with Crippen LogP contribution in [0.3, 0.4) is 0 Å². The summed E-state index contributed by atoms with van der Waals surface area (Å²) in [5.74, 6) is 0.903. The summed E-state index contributed by atoms with van der Waals surface area (Å²) in [6.45, 7) is 6.43. The van der Waals surface area contributed by atoms with Crippen molar-refractivity contribution in [1.29, 1.82) is 0 Å². The average molecular weight is 191 g/mol. The molecule has 3 heteroatoms. The zero-order valence-electron chi connectivity index (χ0n) is 9.04. The van der Waals surface area contributed by atoms with Gasteiger partial charge in [-0.05, 0) is 25.0 Å². The summed E-state index contributed by atoms with van der Waals surface area (Å²) in [5.41, 5.74) is 1.13. The molecule has 3 nitrogen and oxygen atoms in total. The van der Waals surface area contributed by atoms with Crippen LogP contribution in [0.5, 0.6) is 0 Å². The highest BCUT2D eigenvalue weighted by Gasteiger charge is 2.22. The van der Waals surface area contributed by atoms with Crippen LogP contribution in [0.25, 0.3) is 0 Å². The standard InChI is InChI=1S/C11H17N3/c1-11(2,3)9-6-7-10(14-13-9)12-8-4-5-8/h6-8H,4-5H2,1-3H3,(H,12,14). The molecule has 2 rings (SSSR count). The van der Waals surface area contributed by atoms with Crippen molar-refractivity contribution in [2.24, 2.45) is 0 Å². The zero-order chi connectivity index (χ0) is 10.2. The predicted octanol–water partition coefficient (Wildman–Crippen LogP) is 2.35. The van der Waals surface area contributed by atoms with Crippen LogP contribution in [0.15, 0.2) is 12.1 Å². The first-order chi connectivity index (χ1) is 6.55. The summed E-state index contributed by atoms with van der Waals surface area (Å²) in [6, 6.07) is 4.72. The molecule has 0 unspecified atom stereocenters. The van der Waals surface area contributed by atoms with E-state index in [1.807, 2.05) is 6.07 Å². The van der Waals surface area contributed by atoms with Gasteiger partial charge in [0.1, 0.15) is 5.82 Å². The Morgan fingerprint density at radius 3 is 2.36 bits per heavy atom. The Kier molecular flexibility index (Phi) is 2.17. The Morgan fingerprint density at radius 2 is 1.93 bits per heavy atom. The van der Waals surface area contributed by atoms with Gasteiger partial charge in [-0.15, -0.1) is 5.10 Å². The van der Waals surface area contributed by atoms with Gasteiger partial charge >= 0.3 is 0 Å². The second-order valence-electron chi connectivity index (χ2n) is 4.97. The van der Waals surface area contributed by atoms with Gasteiger partial charge in [0, 0.05) is 11.5 Å². The van der Waals surface area contributed by atoms with Gasteiger partial charge in [-0.1, -0.05) is 20.8 Å². The number of nitrogens with one attached hydrogen (secondary N) is 1. The lowest BCUT2D eigenvalue weighted by molar-refractivity contribution is 0.559. The predicted molar refractivity (Wildman–Crippen MR) is 57.4 cm³/mol. The van der Waals surface area contributed by atoms with E-state index in [0.717, 1.165) is 11.5 Å². The highest BCUT2D eigenvalue weighted by atomic mass is 15.2. The molecule has 0 saturated heterocycles. The van der Waals surface area contributed by atoms with Crippen LogP contribution in [0.1, 0.15) is 39.3 Å². The fourth-order valence-corrected chi connectivity index (χ4v) is 1.25. The quantitative estimate of drug-likeness (QED) is 0.779. The second kappa shape index (κ2) is 3.23. The number of anilines is 1. The van der Waals surface area contributed by atoms with E-state index < -0.39 is 0 Å². The third-order valence-electron chi connectivity index (χ3n) is 2.36. The van der Waals surface area contributed by atoms with E-state index in [9.17, 15) is 0 Å². The van der Waals surface area contributed by atoms with Crippen LogP contribution < -0.4 is 5.32 Å². The molecule has 0 aliphatic heterocycles. The van der Waals surface area contributed by atoms with Crippen molar-refractivity contribution in [1.82, 2.24) is 10.2 Å². The molecule has 1 aromatic rings. The van der Waals surface area contributed by atoms with E-state index in [4.69, 9.17) is 0 Å². The van der Waals surface area contributed by atoms with Gasteiger partial charge in [0.15, 0.2) is 0 Å². The highest BCUT2D eigenvalue weighted by Crippen LogP contribution is 2.24. The molecule has 1 aliphatic rings. The summed E-state index contributed by atoms with van der Waals surface area (Å²) >= 11 is 0. The van der Waals surface area contributed by atoms with Gasteiger partial charge in [-0.3, -0.25) is 0 Å². The minimum atomic E-state index is 0.0884. The lowest BCUT2D eigenvalue weighted by atomic mass is 9.92. The van der Waals surface area contributed by atoms with Gasteiger partial charge in [-0.25, -0.2) is 0 Å². The van der Waals surface area contributed by atoms with Crippen LogP contribution in [0.4, 0.5) is 5.82 Å². The van der Waals surface area contributed by atoms with Crippen molar-refractivity contribution < 1.29 is 0 Å². The summed E-state index contributed by atoms with van der Waals surface area (Å²) in [4.78, 5) is 0. The van der Waals surface area contributed by atoms with Gasteiger partial charge in [0.25, 0.3) is 0 Å². The topological polar surface area (TPSA) is 37.8 Å². The average Bonchev–Trinajstić information content (AvgIpc) is 2.88. The number of hydrogen-bond acceptors (Lipinski definition) is 3. The van der Waals surface area contributed by atoms with Crippen molar-refractivity contribution in [3.63, 3.8) is 0 Å². The van der Waals surface area contributed by atoms with Gasteiger partial charge < -0.3 is 5.32 Å². The lowest BCUT2D eigenvalue weighted by Crippen LogP contribution is -2.15. The molecular weight excluding hydrogens is 174 g/mol. The van der Waals surface area contributed by atoms with Crippen LogP contribution >= 0.6 is 0 Å². The van der Waals surface area contributed by atoms with E-state index in [0.29, 0.717) is 6.04 Å². The lowest BCUT2D eigenvalue weighted by Gasteiger charge is -2.16. The summed E-state index contributed by atoms with van der Waals surface area (Å²) in [7, 11) is 0. The largest absolute Gasteiger partial charge is 0.366 e. The summed E-state index contributed by atoms with van der Waals surface area (Å²) in [5, 5.41) is 11.7. The molecule has 0 radical (unpaired) electrons.